The summed E-state index contributed by atoms with van der Waals surface area (Å²) in [4.78, 5) is 21.5. The number of hydrogen-bond donors (Lipinski definition) is 2. The smallest absolute Gasteiger partial charge is 0.390 e. The zero-order valence-electron chi connectivity index (χ0n) is 9.83. The van der Waals surface area contributed by atoms with Crippen molar-refractivity contribution in [3.8, 4) is 0 Å². The Morgan fingerprint density at radius 2 is 2.05 bits per heavy atom. The van der Waals surface area contributed by atoms with Crippen molar-refractivity contribution in [2.24, 2.45) is 0 Å². The first kappa shape index (κ1) is 16.0. The molecule has 0 aliphatic carbocycles. The first-order valence-electron chi connectivity index (χ1n) is 5.20. The van der Waals surface area contributed by atoms with Gasteiger partial charge < -0.3 is 11.1 Å². The van der Waals surface area contributed by atoms with E-state index in [1.54, 1.807) is 0 Å². The van der Waals surface area contributed by atoms with Gasteiger partial charge in [0, 0.05) is 18.7 Å². The zero-order valence-corrected chi connectivity index (χ0v) is 10.6. The van der Waals surface area contributed by atoms with Crippen LogP contribution in [0.25, 0.3) is 0 Å². The minimum Gasteiger partial charge on any atom is -0.397 e. The molecule has 0 aliphatic heterocycles. The Kier molecular flexibility index (Phi) is 4.77. The summed E-state index contributed by atoms with van der Waals surface area (Å²) in [6.45, 7) is -0.665. The van der Waals surface area contributed by atoms with Gasteiger partial charge in [0.25, 0.3) is 11.6 Å². The highest BCUT2D eigenvalue weighted by molar-refractivity contribution is 6.34. The number of anilines is 1. The number of benzene rings is 1. The molecule has 0 fully saturated rings. The molecule has 10 heteroatoms. The van der Waals surface area contributed by atoms with E-state index in [4.69, 9.17) is 17.3 Å². The topological polar surface area (TPSA) is 98.3 Å². The van der Waals surface area contributed by atoms with Crippen LogP contribution >= 0.6 is 11.6 Å². The number of amides is 1. The van der Waals surface area contributed by atoms with E-state index < -0.39 is 35.7 Å². The minimum atomic E-state index is -4.42. The van der Waals surface area contributed by atoms with Crippen molar-refractivity contribution in [1.82, 2.24) is 5.32 Å². The van der Waals surface area contributed by atoms with Gasteiger partial charge in [0.2, 0.25) is 0 Å². The summed E-state index contributed by atoms with van der Waals surface area (Å²) in [5.74, 6) is -0.961. The molecule has 3 N–H and O–H groups in total. The second kappa shape index (κ2) is 5.95. The lowest BCUT2D eigenvalue weighted by Gasteiger charge is -2.10. The summed E-state index contributed by atoms with van der Waals surface area (Å²) >= 11 is 5.62. The van der Waals surface area contributed by atoms with Gasteiger partial charge in [-0.3, -0.25) is 14.9 Å². The average Bonchev–Trinajstić information content (AvgIpc) is 2.30. The Labute approximate surface area is 115 Å². The van der Waals surface area contributed by atoms with Crippen LogP contribution in [0.1, 0.15) is 16.8 Å². The summed E-state index contributed by atoms with van der Waals surface area (Å²) in [6, 6.07) is 1.80. The molecule has 0 spiro atoms. The van der Waals surface area contributed by atoms with E-state index in [2.05, 4.69) is 0 Å². The lowest BCUT2D eigenvalue weighted by molar-refractivity contribution is -0.384. The van der Waals surface area contributed by atoms with E-state index in [9.17, 15) is 28.1 Å². The molecule has 1 aromatic carbocycles. The zero-order chi connectivity index (χ0) is 15.5. The van der Waals surface area contributed by atoms with Crippen molar-refractivity contribution in [2.45, 2.75) is 12.6 Å². The number of carbonyl (C=O) groups excluding carboxylic acids is 1. The van der Waals surface area contributed by atoms with E-state index in [1.165, 1.54) is 0 Å². The molecule has 1 amide bonds. The van der Waals surface area contributed by atoms with Gasteiger partial charge in [0.15, 0.2) is 0 Å². The Hall–Kier alpha value is -2.03. The number of nitrogens with one attached hydrogen (secondary N) is 1. The van der Waals surface area contributed by atoms with Crippen molar-refractivity contribution in [3.63, 3.8) is 0 Å². The minimum absolute atomic E-state index is 0.222. The Morgan fingerprint density at radius 1 is 1.45 bits per heavy atom. The van der Waals surface area contributed by atoms with Crippen LogP contribution in [0, 0.1) is 10.1 Å². The third kappa shape index (κ3) is 4.26. The van der Waals surface area contributed by atoms with Crippen LogP contribution in [0.4, 0.5) is 24.5 Å². The number of nitro groups is 1. The van der Waals surface area contributed by atoms with Crippen molar-refractivity contribution < 1.29 is 22.9 Å². The molecule has 1 rings (SSSR count). The SMILES string of the molecule is Nc1c(Cl)cc([N+](=O)[O-])cc1C(=O)NCCC(F)(F)F. The number of nitrogens with two attached hydrogens (primary N) is 1. The Balaban J connectivity index is 2.90. The maximum absolute atomic E-state index is 11.9. The summed E-state index contributed by atoms with van der Waals surface area (Å²) in [5, 5.41) is 12.4. The van der Waals surface area contributed by atoms with Crippen LogP contribution in [0.3, 0.4) is 0 Å². The highest BCUT2D eigenvalue weighted by atomic mass is 35.5. The third-order valence-corrected chi connectivity index (χ3v) is 2.58. The highest BCUT2D eigenvalue weighted by Gasteiger charge is 2.27. The summed E-state index contributed by atoms with van der Waals surface area (Å²) < 4.78 is 35.8. The number of carbonyl (C=O) groups is 1. The second-order valence-electron chi connectivity index (χ2n) is 3.77. The van der Waals surface area contributed by atoms with Gasteiger partial charge in [0.05, 0.1) is 27.6 Å². The Bertz CT molecular complexity index is 549. The number of non-ortho nitro benzene ring substituents is 1. The van der Waals surface area contributed by atoms with Crippen LogP contribution in [0.5, 0.6) is 0 Å². The molecule has 0 saturated carbocycles. The van der Waals surface area contributed by atoms with Crippen molar-refractivity contribution in [1.29, 1.82) is 0 Å². The summed E-state index contributed by atoms with van der Waals surface area (Å²) in [5.41, 5.74) is 4.42. The van der Waals surface area contributed by atoms with Crippen molar-refractivity contribution in [3.05, 3.63) is 32.8 Å². The lowest BCUT2D eigenvalue weighted by Crippen LogP contribution is -2.28. The molecule has 6 nitrogen and oxygen atoms in total. The van der Waals surface area contributed by atoms with E-state index in [0.29, 0.717) is 0 Å². The van der Waals surface area contributed by atoms with Gasteiger partial charge >= 0.3 is 6.18 Å². The number of rotatable bonds is 4. The maximum atomic E-state index is 11.9. The van der Waals surface area contributed by atoms with Gasteiger partial charge in [-0.1, -0.05) is 11.6 Å². The van der Waals surface area contributed by atoms with Gasteiger partial charge in [-0.25, -0.2) is 0 Å². The summed E-state index contributed by atoms with van der Waals surface area (Å²) in [6.07, 6.45) is -5.64. The van der Waals surface area contributed by atoms with E-state index in [1.807, 2.05) is 5.32 Å². The highest BCUT2D eigenvalue weighted by Crippen LogP contribution is 2.28. The molecule has 0 aliphatic rings. The van der Waals surface area contributed by atoms with E-state index in [0.717, 1.165) is 12.1 Å². The molecule has 0 unspecified atom stereocenters. The number of nitrogens with zero attached hydrogens (tertiary/aromatic N) is 1. The standard InChI is InChI=1S/C10H9ClF3N3O3/c11-7-4-5(17(19)20)3-6(8(7)15)9(18)16-2-1-10(12,13)14/h3-4H,1-2,15H2,(H,16,18). The molecule has 0 bridgehead atoms. The average molecular weight is 312 g/mol. The normalized spacial score (nSPS) is 11.2. The largest absolute Gasteiger partial charge is 0.397 e. The number of nitrogen functional groups attached to an aromatic ring is 1. The van der Waals surface area contributed by atoms with Crippen LogP contribution < -0.4 is 11.1 Å². The fourth-order valence-electron chi connectivity index (χ4n) is 1.31. The van der Waals surface area contributed by atoms with Crippen LogP contribution in [0.2, 0.25) is 5.02 Å². The molecule has 0 radical (unpaired) electrons. The van der Waals surface area contributed by atoms with Gasteiger partial charge in [-0.15, -0.1) is 0 Å². The molecule has 110 valence electrons. The van der Waals surface area contributed by atoms with Crippen LogP contribution in [-0.2, 0) is 0 Å². The van der Waals surface area contributed by atoms with Gasteiger partial charge in [0.1, 0.15) is 0 Å². The summed E-state index contributed by atoms with van der Waals surface area (Å²) in [7, 11) is 0. The van der Waals surface area contributed by atoms with E-state index >= 15 is 0 Å². The number of halogens is 4. The number of alkyl halides is 3. The first-order valence-corrected chi connectivity index (χ1v) is 5.58. The van der Waals surface area contributed by atoms with Crippen LogP contribution in [0.15, 0.2) is 12.1 Å². The molecule has 0 heterocycles. The molecule has 0 atom stereocenters. The van der Waals surface area contributed by atoms with E-state index in [-0.39, 0.29) is 16.3 Å². The monoisotopic (exact) mass is 311 g/mol. The first-order chi connectivity index (χ1) is 9.11. The fraction of sp³-hybridized carbons (Fsp3) is 0.300. The molecule has 0 aromatic heterocycles. The quantitative estimate of drug-likeness (QED) is 0.507. The predicted molar refractivity (Wildman–Crippen MR) is 65.5 cm³/mol. The molecule has 20 heavy (non-hydrogen) atoms. The molecule has 1 aromatic rings. The van der Waals surface area contributed by atoms with Gasteiger partial charge in [-0.2, -0.15) is 13.2 Å². The third-order valence-electron chi connectivity index (χ3n) is 2.26. The molecule has 0 saturated heterocycles. The van der Waals surface area contributed by atoms with Crippen LogP contribution in [-0.4, -0.2) is 23.6 Å². The van der Waals surface area contributed by atoms with Crippen molar-refractivity contribution >= 4 is 28.9 Å². The lowest BCUT2D eigenvalue weighted by atomic mass is 10.1. The number of hydrogen-bond acceptors (Lipinski definition) is 4. The Morgan fingerprint density at radius 3 is 2.55 bits per heavy atom. The number of nitro benzene ring substituents is 1. The fourth-order valence-corrected chi connectivity index (χ4v) is 1.52. The predicted octanol–water partition coefficient (Wildman–Crippen LogP) is 2.51. The maximum Gasteiger partial charge on any atom is 0.390 e. The van der Waals surface area contributed by atoms with Gasteiger partial charge in [-0.05, 0) is 0 Å². The molecular formula is C10H9ClF3N3O3. The molecular weight excluding hydrogens is 303 g/mol. The second-order valence-corrected chi connectivity index (χ2v) is 4.17. The van der Waals surface area contributed by atoms with Crippen molar-refractivity contribution in [2.75, 3.05) is 12.3 Å².